The number of esters is 1. The zero-order valence-electron chi connectivity index (χ0n) is 21.1. The van der Waals surface area contributed by atoms with Gasteiger partial charge in [-0.2, -0.15) is 0 Å². The van der Waals surface area contributed by atoms with Gasteiger partial charge in [0, 0.05) is 13.0 Å². The monoisotopic (exact) mass is 480 g/mol. The van der Waals surface area contributed by atoms with E-state index in [2.05, 4.69) is 19.1 Å². The standard InChI is InChI=1S/C30H40O5/c1-2-6-23-8-10-24(11-9-23)25-12-14-26(15-13-25)30(31)35-28-18-16-27(17-19-28)32-21-5-22-34-29-7-3-4-20-33-29/h12-19,23-24,29H,2-11,20-22H2,1H3. The molecule has 2 aromatic carbocycles. The fourth-order valence-electron chi connectivity index (χ4n) is 5.16. The van der Waals surface area contributed by atoms with Crippen LogP contribution in [0, 0.1) is 5.92 Å². The van der Waals surface area contributed by atoms with Crippen LogP contribution in [0.3, 0.4) is 0 Å². The number of carbonyl (C=O) groups excluding carboxylic acids is 1. The molecule has 0 spiro atoms. The molecule has 190 valence electrons. The molecule has 1 saturated carbocycles. The summed E-state index contributed by atoms with van der Waals surface area (Å²) in [6, 6.07) is 15.2. The summed E-state index contributed by atoms with van der Waals surface area (Å²) in [5.74, 6) is 2.44. The summed E-state index contributed by atoms with van der Waals surface area (Å²) in [6.07, 6.45) is 11.8. The first-order valence-corrected chi connectivity index (χ1v) is 13.5. The summed E-state index contributed by atoms with van der Waals surface area (Å²) < 4.78 is 22.6. The Morgan fingerprint density at radius 3 is 2.31 bits per heavy atom. The van der Waals surface area contributed by atoms with Crippen LogP contribution in [0.2, 0.25) is 0 Å². The Morgan fingerprint density at radius 1 is 0.886 bits per heavy atom. The highest BCUT2D eigenvalue weighted by Crippen LogP contribution is 2.37. The molecule has 0 radical (unpaired) electrons. The van der Waals surface area contributed by atoms with Crippen molar-refractivity contribution in [3.63, 3.8) is 0 Å². The van der Waals surface area contributed by atoms with E-state index in [0.717, 1.165) is 37.5 Å². The summed E-state index contributed by atoms with van der Waals surface area (Å²) in [6.45, 7) is 4.26. The van der Waals surface area contributed by atoms with Crippen molar-refractivity contribution in [3.05, 3.63) is 59.7 Å². The minimum Gasteiger partial charge on any atom is -0.494 e. The normalized spacial score (nSPS) is 22.5. The summed E-state index contributed by atoms with van der Waals surface area (Å²) in [5.41, 5.74) is 1.92. The van der Waals surface area contributed by atoms with E-state index in [4.69, 9.17) is 18.9 Å². The van der Waals surface area contributed by atoms with Crippen molar-refractivity contribution in [2.75, 3.05) is 19.8 Å². The zero-order chi connectivity index (χ0) is 24.3. The van der Waals surface area contributed by atoms with Gasteiger partial charge in [0.15, 0.2) is 6.29 Å². The average Bonchev–Trinajstić information content (AvgIpc) is 2.91. The quantitative estimate of drug-likeness (QED) is 0.192. The van der Waals surface area contributed by atoms with Gasteiger partial charge in [-0.25, -0.2) is 4.79 Å². The van der Waals surface area contributed by atoms with Gasteiger partial charge in [-0.1, -0.05) is 31.9 Å². The number of rotatable bonds is 11. The molecular weight excluding hydrogens is 440 g/mol. The van der Waals surface area contributed by atoms with E-state index in [9.17, 15) is 4.79 Å². The van der Waals surface area contributed by atoms with E-state index >= 15 is 0 Å². The molecule has 5 heteroatoms. The average molecular weight is 481 g/mol. The highest BCUT2D eigenvalue weighted by Gasteiger charge is 2.22. The van der Waals surface area contributed by atoms with Crippen molar-refractivity contribution in [3.8, 4) is 11.5 Å². The van der Waals surface area contributed by atoms with Crippen molar-refractivity contribution in [2.24, 2.45) is 5.92 Å². The number of carbonyl (C=O) groups is 1. The summed E-state index contributed by atoms with van der Waals surface area (Å²) >= 11 is 0. The second kappa shape index (κ2) is 13.6. The molecule has 1 unspecified atom stereocenters. The van der Waals surface area contributed by atoms with Crippen LogP contribution in [0.4, 0.5) is 0 Å². The van der Waals surface area contributed by atoms with Gasteiger partial charge in [-0.3, -0.25) is 0 Å². The van der Waals surface area contributed by atoms with Gasteiger partial charge in [0.1, 0.15) is 11.5 Å². The number of hydrogen-bond acceptors (Lipinski definition) is 5. The van der Waals surface area contributed by atoms with Crippen molar-refractivity contribution in [2.45, 2.75) is 83.3 Å². The highest BCUT2D eigenvalue weighted by molar-refractivity contribution is 5.91. The Bertz CT molecular complexity index is 878. The lowest BCUT2D eigenvalue weighted by Crippen LogP contribution is -2.23. The van der Waals surface area contributed by atoms with E-state index in [1.807, 2.05) is 24.3 Å². The number of ether oxygens (including phenoxy) is 4. The molecule has 0 aromatic heterocycles. The predicted molar refractivity (Wildman–Crippen MR) is 137 cm³/mol. The molecule has 2 aliphatic rings. The summed E-state index contributed by atoms with van der Waals surface area (Å²) in [7, 11) is 0. The van der Waals surface area contributed by atoms with Gasteiger partial charge in [0.25, 0.3) is 0 Å². The fraction of sp³-hybridized carbons (Fsp3) is 0.567. The molecule has 5 nitrogen and oxygen atoms in total. The molecule has 2 aromatic rings. The van der Waals surface area contributed by atoms with Gasteiger partial charge in [0.2, 0.25) is 0 Å². The molecule has 0 bridgehead atoms. The predicted octanol–water partition coefficient (Wildman–Crippen LogP) is 7.29. The molecule has 2 fully saturated rings. The lowest BCUT2D eigenvalue weighted by Gasteiger charge is -2.28. The maximum absolute atomic E-state index is 12.6. The molecular formula is C30H40O5. The van der Waals surface area contributed by atoms with E-state index in [1.165, 1.54) is 50.5 Å². The molecule has 1 atom stereocenters. The molecule has 1 saturated heterocycles. The number of benzene rings is 2. The molecule has 0 amide bonds. The minimum atomic E-state index is -0.334. The first kappa shape index (κ1) is 25.7. The minimum absolute atomic E-state index is 0.0560. The van der Waals surface area contributed by atoms with Crippen LogP contribution < -0.4 is 9.47 Å². The number of hydrogen-bond donors (Lipinski definition) is 0. The van der Waals surface area contributed by atoms with Crippen molar-refractivity contribution in [1.29, 1.82) is 0 Å². The molecule has 1 aliphatic heterocycles. The Kier molecular flexibility index (Phi) is 10.0. The Morgan fingerprint density at radius 2 is 1.63 bits per heavy atom. The molecule has 1 aliphatic carbocycles. The largest absolute Gasteiger partial charge is 0.494 e. The SMILES string of the molecule is CCCC1CCC(c2ccc(C(=O)Oc3ccc(OCCCOC4CCCCO4)cc3)cc2)CC1. The van der Waals surface area contributed by atoms with E-state index in [1.54, 1.807) is 12.1 Å². The lowest BCUT2D eigenvalue weighted by molar-refractivity contribution is -0.163. The van der Waals surface area contributed by atoms with Crippen LogP contribution >= 0.6 is 0 Å². The molecule has 1 heterocycles. The third-order valence-corrected chi connectivity index (χ3v) is 7.19. The summed E-state index contributed by atoms with van der Waals surface area (Å²) in [5, 5.41) is 0. The lowest BCUT2D eigenvalue weighted by atomic mass is 9.77. The first-order chi connectivity index (χ1) is 17.2. The topological polar surface area (TPSA) is 54.0 Å². The third kappa shape index (κ3) is 8.08. The summed E-state index contributed by atoms with van der Waals surface area (Å²) in [4.78, 5) is 12.6. The smallest absolute Gasteiger partial charge is 0.343 e. The van der Waals surface area contributed by atoms with Gasteiger partial charge in [-0.05, 0) is 98.7 Å². The first-order valence-electron chi connectivity index (χ1n) is 13.5. The zero-order valence-corrected chi connectivity index (χ0v) is 21.1. The maximum Gasteiger partial charge on any atom is 0.343 e. The second-order valence-electron chi connectivity index (χ2n) is 9.86. The van der Waals surface area contributed by atoms with Gasteiger partial charge in [-0.15, -0.1) is 0 Å². The Labute approximate surface area is 210 Å². The molecule has 0 N–H and O–H groups in total. The third-order valence-electron chi connectivity index (χ3n) is 7.19. The van der Waals surface area contributed by atoms with Crippen LogP contribution in [0.15, 0.2) is 48.5 Å². The van der Waals surface area contributed by atoms with Crippen molar-refractivity contribution in [1.82, 2.24) is 0 Å². The van der Waals surface area contributed by atoms with Crippen molar-refractivity contribution >= 4 is 5.97 Å². The van der Waals surface area contributed by atoms with Crippen LogP contribution in [0.25, 0.3) is 0 Å². The van der Waals surface area contributed by atoms with E-state index < -0.39 is 0 Å². The van der Waals surface area contributed by atoms with Crippen LogP contribution in [-0.2, 0) is 9.47 Å². The van der Waals surface area contributed by atoms with Gasteiger partial charge >= 0.3 is 5.97 Å². The molecule has 4 rings (SSSR count). The van der Waals surface area contributed by atoms with Crippen LogP contribution in [-0.4, -0.2) is 32.1 Å². The maximum atomic E-state index is 12.6. The van der Waals surface area contributed by atoms with Gasteiger partial charge < -0.3 is 18.9 Å². The van der Waals surface area contributed by atoms with Crippen LogP contribution in [0.1, 0.15) is 93.0 Å². The van der Waals surface area contributed by atoms with Crippen LogP contribution in [0.5, 0.6) is 11.5 Å². The highest BCUT2D eigenvalue weighted by atomic mass is 16.7. The van der Waals surface area contributed by atoms with Gasteiger partial charge in [0.05, 0.1) is 18.8 Å². The van der Waals surface area contributed by atoms with E-state index in [-0.39, 0.29) is 12.3 Å². The Hall–Kier alpha value is -2.37. The van der Waals surface area contributed by atoms with E-state index in [0.29, 0.717) is 30.4 Å². The van der Waals surface area contributed by atoms with Crippen molar-refractivity contribution < 1.29 is 23.7 Å². The molecule has 35 heavy (non-hydrogen) atoms. The fourth-order valence-corrected chi connectivity index (χ4v) is 5.16. The second-order valence-corrected chi connectivity index (χ2v) is 9.86. The Balaban J connectivity index is 1.17.